The van der Waals surface area contributed by atoms with Gasteiger partial charge in [0.25, 0.3) is 0 Å². The van der Waals surface area contributed by atoms with Crippen LogP contribution in [-0.4, -0.2) is 7.05 Å². The summed E-state index contributed by atoms with van der Waals surface area (Å²) in [7, 11) is 2.12. The third-order valence-corrected chi connectivity index (χ3v) is 7.59. The van der Waals surface area contributed by atoms with Crippen LogP contribution >= 0.6 is 0 Å². The molecule has 0 saturated heterocycles. The second-order valence-corrected chi connectivity index (χ2v) is 10.8. The minimum absolute atomic E-state index is 1.18. The number of rotatable bonds is 14. The maximum Gasteiger partial charge on any atom is 0.0408 e. The van der Waals surface area contributed by atoms with Crippen molar-refractivity contribution in [1.29, 1.82) is 0 Å². The normalized spacial score (nSPS) is 11.5. The molecule has 0 fully saturated rings. The monoisotopic (exact) mass is 527 g/mol. The molecule has 0 aliphatic rings. The van der Waals surface area contributed by atoms with Gasteiger partial charge in [-0.15, -0.1) is 0 Å². The number of nitrogens with zero attached hydrogens (tertiary/aromatic N) is 1. The molecule has 0 atom stereocenters. The van der Waals surface area contributed by atoms with Gasteiger partial charge in [-0.3, -0.25) is 0 Å². The number of benzene rings is 4. The molecule has 0 heterocycles. The van der Waals surface area contributed by atoms with E-state index in [9.17, 15) is 0 Å². The molecule has 4 aromatic rings. The van der Waals surface area contributed by atoms with Crippen molar-refractivity contribution >= 4 is 35.7 Å². The van der Waals surface area contributed by atoms with Gasteiger partial charge in [0.15, 0.2) is 0 Å². The molecule has 1 nitrogen and oxygen atoms in total. The van der Waals surface area contributed by atoms with Gasteiger partial charge < -0.3 is 4.90 Å². The van der Waals surface area contributed by atoms with E-state index in [0.717, 1.165) is 0 Å². The zero-order valence-electron chi connectivity index (χ0n) is 24.7. The van der Waals surface area contributed by atoms with Gasteiger partial charge in [0.1, 0.15) is 0 Å². The Kier molecular flexibility index (Phi) is 11.4. The van der Waals surface area contributed by atoms with Crippen molar-refractivity contribution < 1.29 is 0 Å². The maximum atomic E-state index is 2.26. The van der Waals surface area contributed by atoms with Crippen molar-refractivity contribution in [2.75, 3.05) is 11.9 Å². The van der Waals surface area contributed by atoms with Crippen LogP contribution in [0.5, 0.6) is 0 Å². The lowest BCUT2D eigenvalue weighted by Crippen LogP contribution is -2.08. The Morgan fingerprint density at radius 3 is 1.02 bits per heavy atom. The molecule has 0 N–H and O–H groups in total. The third-order valence-electron chi connectivity index (χ3n) is 7.59. The molecule has 0 aliphatic carbocycles. The van der Waals surface area contributed by atoms with E-state index in [1.165, 1.54) is 96.1 Å². The molecule has 4 rings (SSSR count). The molecule has 0 radical (unpaired) electrons. The van der Waals surface area contributed by atoms with Gasteiger partial charge in [-0.2, -0.15) is 0 Å². The summed E-state index contributed by atoms with van der Waals surface area (Å²) in [6, 6.07) is 35.5. The van der Waals surface area contributed by atoms with E-state index in [-0.39, 0.29) is 0 Å². The summed E-state index contributed by atoms with van der Waals surface area (Å²) in [6.07, 6.45) is 18.9. The largest absolute Gasteiger partial charge is 0.345 e. The second-order valence-electron chi connectivity index (χ2n) is 10.8. The van der Waals surface area contributed by atoms with Gasteiger partial charge >= 0.3 is 0 Å². The van der Waals surface area contributed by atoms with Crippen LogP contribution < -0.4 is 4.90 Å². The highest BCUT2D eigenvalue weighted by Crippen LogP contribution is 2.25. The first-order valence-corrected chi connectivity index (χ1v) is 15.1. The highest BCUT2D eigenvalue weighted by molar-refractivity contribution is 5.73. The van der Waals surface area contributed by atoms with E-state index in [0.29, 0.717) is 0 Å². The molecule has 0 aromatic heterocycles. The highest BCUT2D eigenvalue weighted by atomic mass is 15.1. The molecule has 1 heteroatoms. The molecule has 0 bridgehead atoms. The molecule has 0 amide bonds. The zero-order valence-corrected chi connectivity index (χ0v) is 24.7. The Morgan fingerprint density at radius 1 is 0.425 bits per heavy atom. The smallest absolute Gasteiger partial charge is 0.0408 e. The van der Waals surface area contributed by atoms with Gasteiger partial charge in [0, 0.05) is 18.4 Å². The van der Waals surface area contributed by atoms with Crippen molar-refractivity contribution in [1.82, 2.24) is 0 Å². The van der Waals surface area contributed by atoms with E-state index in [1.54, 1.807) is 0 Å². The Morgan fingerprint density at radius 2 is 0.725 bits per heavy atom. The minimum atomic E-state index is 1.18. The van der Waals surface area contributed by atoms with Crippen LogP contribution in [0.25, 0.3) is 24.3 Å². The van der Waals surface area contributed by atoms with Crippen molar-refractivity contribution in [3.05, 3.63) is 130 Å². The van der Waals surface area contributed by atoms with E-state index < -0.39 is 0 Å². The van der Waals surface area contributed by atoms with Crippen LogP contribution in [0, 0.1) is 0 Å². The number of hydrogen-bond acceptors (Lipinski definition) is 1. The van der Waals surface area contributed by atoms with Gasteiger partial charge in [-0.25, -0.2) is 0 Å². The molecule has 40 heavy (non-hydrogen) atoms. The molecule has 0 unspecified atom stereocenters. The lowest BCUT2D eigenvalue weighted by molar-refractivity contribution is 0.717. The number of unbranched alkanes of at least 4 members (excludes halogenated alkanes) is 4. The van der Waals surface area contributed by atoms with E-state index in [2.05, 4.69) is 147 Å². The summed E-state index contributed by atoms with van der Waals surface area (Å²) < 4.78 is 0. The summed E-state index contributed by atoms with van der Waals surface area (Å²) in [6.45, 7) is 4.51. The van der Waals surface area contributed by atoms with Gasteiger partial charge in [0.2, 0.25) is 0 Å². The molecule has 0 spiro atoms. The predicted molar refractivity (Wildman–Crippen MR) is 178 cm³/mol. The Balaban J connectivity index is 1.30. The van der Waals surface area contributed by atoms with Crippen LogP contribution in [0.2, 0.25) is 0 Å². The predicted octanol–water partition coefficient (Wildman–Crippen LogP) is 11.3. The molecule has 0 saturated carbocycles. The van der Waals surface area contributed by atoms with Crippen LogP contribution in [-0.2, 0) is 12.8 Å². The van der Waals surface area contributed by atoms with E-state index >= 15 is 0 Å². The summed E-state index contributed by atoms with van der Waals surface area (Å²) in [5.41, 5.74) is 10.1. The second kappa shape index (κ2) is 15.7. The van der Waals surface area contributed by atoms with Gasteiger partial charge in [-0.1, -0.05) is 137 Å². The Bertz CT molecular complexity index is 1220. The van der Waals surface area contributed by atoms with Crippen molar-refractivity contribution in [2.45, 2.75) is 65.2 Å². The van der Waals surface area contributed by atoms with E-state index in [1.807, 2.05) is 0 Å². The molecule has 0 aliphatic heterocycles. The topological polar surface area (TPSA) is 3.24 Å². The van der Waals surface area contributed by atoms with Gasteiger partial charge in [-0.05, 0) is 83.3 Å². The van der Waals surface area contributed by atoms with Crippen molar-refractivity contribution in [2.24, 2.45) is 0 Å². The molecular formula is C39H45N. The van der Waals surface area contributed by atoms with E-state index in [4.69, 9.17) is 0 Å². The number of hydrogen-bond donors (Lipinski definition) is 0. The Hall–Kier alpha value is -3.84. The Labute approximate surface area is 242 Å². The average Bonchev–Trinajstić information content (AvgIpc) is 3.01. The van der Waals surface area contributed by atoms with Crippen LogP contribution in [0.4, 0.5) is 11.4 Å². The first-order chi connectivity index (χ1) is 19.6. The summed E-state index contributed by atoms with van der Waals surface area (Å²) in [4.78, 5) is 2.23. The number of anilines is 2. The van der Waals surface area contributed by atoms with Crippen LogP contribution in [0.15, 0.2) is 97.1 Å². The molecule has 206 valence electrons. The maximum absolute atomic E-state index is 2.26. The highest BCUT2D eigenvalue weighted by Gasteiger charge is 2.04. The van der Waals surface area contributed by atoms with Crippen molar-refractivity contribution in [3.63, 3.8) is 0 Å². The van der Waals surface area contributed by atoms with Crippen LogP contribution in [0.1, 0.15) is 85.8 Å². The average molecular weight is 528 g/mol. The first-order valence-electron chi connectivity index (χ1n) is 15.1. The lowest BCUT2D eigenvalue weighted by Gasteiger charge is -2.20. The van der Waals surface area contributed by atoms with Gasteiger partial charge in [0.05, 0.1) is 0 Å². The number of aryl methyl sites for hydroxylation is 2. The lowest BCUT2D eigenvalue weighted by atomic mass is 10.0. The fraction of sp³-hybridized carbons (Fsp3) is 0.282. The third kappa shape index (κ3) is 9.12. The fourth-order valence-electron chi connectivity index (χ4n) is 4.90. The summed E-state index contributed by atoms with van der Waals surface area (Å²) in [5.74, 6) is 0. The first kappa shape index (κ1) is 29.2. The fourth-order valence-corrected chi connectivity index (χ4v) is 4.90. The standard InChI is InChI=1S/C39H45N/c1-4-6-8-10-32-12-16-34(17-13-32)20-22-36-24-28-38(29-25-36)40(3)39-30-26-37(27-31-39)23-21-35-18-14-33(15-19-35)11-9-7-5-2/h12-31H,4-11H2,1-3H3/b22-20+,23-21+. The minimum Gasteiger partial charge on any atom is -0.345 e. The van der Waals surface area contributed by atoms with Crippen LogP contribution in [0.3, 0.4) is 0 Å². The summed E-state index contributed by atoms with van der Waals surface area (Å²) in [5, 5.41) is 0. The zero-order chi connectivity index (χ0) is 28.0. The quantitative estimate of drug-likeness (QED) is 0.116. The molecular weight excluding hydrogens is 482 g/mol. The SMILES string of the molecule is CCCCCc1ccc(/C=C/c2ccc(N(C)c3ccc(/C=C/c4ccc(CCCCC)cc4)cc3)cc2)cc1. The summed E-state index contributed by atoms with van der Waals surface area (Å²) >= 11 is 0. The van der Waals surface area contributed by atoms with Crippen molar-refractivity contribution in [3.8, 4) is 0 Å². The molecule has 4 aromatic carbocycles.